The van der Waals surface area contributed by atoms with Crippen LogP contribution in [0.5, 0.6) is 0 Å². The number of nitrogens with one attached hydrogen (secondary N) is 2. The third-order valence-electron chi connectivity index (χ3n) is 2.53. The first-order chi connectivity index (χ1) is 8.04. The number of carbonyl (C=O) groups excluding carboxylic acids is 2. The Kier molecular flexibility index (Phi) is 2.78. The van der Waals surface area contributed by atoms with Crippen LogP contribution in [0.3, 0.4) is 0 Å². The minimum atomic E-state index is -0.628. The molecule has 0 fully saturated rings. The summed E-state index contributed by atoms with van der Waals surface area (Å²) in [6, 6.07) is 2.50. The van der Waals surface area contributed by atoms with E-state index in [1.165, 1.54) is 6.07 Å². The topological polar surface area (TPSA) is 58.2 Å². The lowest BCUT2D eigenvalue weighted by Gasteiger charge is -2.09. The lowest BCUT2D eigenvalue weighted by molar-refractivity contribution is -0.117. The summed E-state index contributed by atoms with van der Waals surface area (Å²) < 4.78 is 0. The number of hydrogen-bond acceptors (Lipinski definition) is 2. The summed E-state index contributed by atoms with van der Waals surface area (Å²) in [5.74, 6) is 1.68. The lowest BCUT2D eigenvalue weighted by Crippen LogP contribution is -2.38. The standard InChI is InChI=1S/C12H9ClN2O2/c1-3-7-4-5-8(13)9-10(7)15-11(16)6(2)14-12(9)17/h1,4-6H,2H3,(H,14,17)(H,15,16). The maximum absolute atomic E-state index is 11.9. The molecule has 0 spiro atoms. The molecular formula is C12H9ClN2O2. The lowest BCUT2D eigenvalue weighted by atomic mass is 10.1. The minimum absolute atomic E-state index is 0.208. The van der Waals surface area contributed by atoms with Crippen molar-refractivity contribution in [3.63, 3.8) is 0 Å². The summed E-state index contributed by atoms with van der Waals surface area (Å²) in [7, 11) is 0. The Morgan fingerprint density at radius 2 is 2.12 bits per heavy atom. The van der Waals surface area contributed by atoms with Crippen LogP contribution >= 0.6 is 11.6 Å². The van der Waals surface area contributed by atoms with Crippen LogP contribution in [0.25, 0.3) is 0 Å². The van der Waals surface area contributed by atoms with E-state index in [9.17, 15) is 9.59 Å². The fraction of sp³-hybridized carbons (Fsp3) is 0.167. The number of hydrogen-bond donors (Lipinski definition) is 2. The molecular weight excluding hydrogens is 240 g/mol. The molecule has 0 saturated heterocycles. The van der Waals surface area contributed by atoms with Crippen molar-refractivity contribution < 1.29 is 9.59 Å². The zero-order valence-corrected chi connectivity index (χ0v) is 9.76. The maximum Gasteiger partial charge on any atom is 0.255 e. The monoisotopic (exact) mass is 248 g/mol. The van der Waals surface area contributed by atoms with Gasteiger partial charge in [0.05, 0.1) is 16.3 Å². The number of halogens is 1. The van der Waals surface area contributed by atoms with Gasteiger partial charge >= 0.3 is 0 Å². The molecule has 1 aromatic rings. The molecule has 0 aliphatic carbocycles. The van der Waals surface area contributed by atoms with Crippen LogP contribution in [-0.2, 0) is 4.79 Å². The first-order valence-electron chi connectivity index (χ1n) is 4.95. The number of fused-ring (bicyclic) bond motifs is 1. The van der Waals surface area contributed by atoms with E-state index in [0.717, 1.165) is 0 Å². The average molecular weight is 249 g/mol. The molecule has 1 aliphatic heterocycles. The van der Waals surface area contributed by atoms with Crippen molar-refractivity contribution in [1.82, 2.24) is 5.32 Å². The Morgan fingerprint density at radius 3 is 2.76 bits per heavy atom. The molecule has 0 aromatic heterocycles. The van der Waals surface area contributed by atoms with Gasteiger partial charge in [0, 0.05) is 5.56 Å². The number of benzene rings is 1. The van der Waals surface area contributed by atoms with E-state index in [1.807, 2.05) is 0 Å². The van der Waals surface area contributed by atoms with Gasteiger partial charge in [0.1, 0.15) is 6.04 Å². The number of anilines is 1. The molecule has 2 amide bonds. The third-order valence-corrected chi connectivity index (χ3v) is 2.84. The highest BCUT2D eigenvalue weighted by molar-refractivity contribution is 6.35. The Labute approximate surface area is 103 Å². The fourth-order valence-corrected chi connectivity index (χ4v) is 1.86. The van der Waals surface area contributed by atoms with Gasteiger partial charge in [-0.3, -0.25) is 9.59 Å². The molecule has 86 valence electrons. The van der Waals surface area contributed by atoms with Crippen molar-refractivity contribution in [2.24, 2.45) is 0 Å². The molecule has 4 nitrogen and oxygen atoms in total. The summed E-state index contributed by atoms with van der Waals surface area (Å²) >= 11 is 5.95. The smallest absolute Gasteiger partial charge is 0.255 e. The number of rotatable bonds is 0. The van der Waals surface area contributed by atoms with Gasteiger partial charge in [-0.2, -0.15) is 0 Å². The summed E-state index contributed by atoms with van der Waals surface area (Å²) in [5, 5.41) is 5.40. The number of terminal acetylenes is 1. The van der Waals surface area contributed by atoms with Gasteiger partial charge in [-0.05, 0) is 19.1 Å². The van der Waals surface area contributed by atoms with Crippen molar-refractivity contribution in [1.29, 1.82) is 0 Å². The predicted molar refractivity (Wildman–Crippen MR) is 64.9 cm³/mol. The third kappa shape index (κ3) is 1.85. The van der Waals surface area contributed by atoms with Crippen LogP contribution in [0.2, 0.25) is 5.02 Å². The van der Waals surface area contributed by atoms with Crippen LogP contribution in [0.15, 0.2) is 12.1 Å². The van der Waals surface area contributed by atoms with Gasteiger partial charge in [0.25, 0.3) is 5.91 Å². The second-order valence-corrected chi connectivity index (χ2v) is 4.08. The second kappa shape index (κ2) is 4.11. The molecule has 1 heterocycles. The molecule has 1 aromatic carbocycles. The fourth-order valence-electron chi connectivity index (χ4n) is 1.62. The van der Waals surface area contributed by atoms with E-state index in [-0.39, 0.29) is 16.5 Å². The molecule has 1 aliphatic rings. The molecule has 5 heteroatoms. The Bertz CT molecular complexity index is 560. The first-order valence-corrected chi connectivity index (χ1v) is 5.33. The van der Waals surface area contributed by atoms with Gasteiger partial charge < -0.3 is 10.6 Å². The second-order valence-electron chi connectivity index (χ2n) is 3.67. The molecule has 1 unspecified atom stereocenters. The number of carbonyl (C=O) groups is 2. The van der Waals surface area contributed by atoms with Gasteiger partial charge in [-0.1, -0.05) is 17.5 Å². The highest BCUT2D eigenvalue weighted by Gasteiger charge is 2.27. The van der Waals surface area contributed by atoms with Crippen molar-refractivity contribution in [3.8, 4) is 12.3 Å². The molecule has 2 rings (SSSR count). The highest BCUT2D eigenvalue weighted by Crippen LogP contribution is 2.29. The number of amides is 2. The van der Waals surface area contributed by atoms with Crippen molar-refractivity contribution >= 4 is 29.1 Å². The van der Waals surface area contributed by atoms with E-state index in [4.69, 9.17) is 18.0 Å². The Morgan fingerprint density at radius 1 is 1.41 bits per heavy atom. The van der Waals surface area contributed by atoms with E-state index in [2.05, 4.69) is 16.6 Å². The van der Waals surface area contributed by atoms with E-state index in [0.29, 0.717) is 11.3 Å². The quantitative estimate of drug-likeness (QED) is 0.682. The van der Waals surface area contributed by atoms with Crippen LogP contribution in [-0.4, -0.2) is 17.9 Å². The normalized spacial score (nSPS) is 18.5. The zero-order valence-electron chi connectivity index (χ0n) is 9.00. The molecule has 1 atom stereocenters. The van der Waals surface area contributed by atoms with E-state index < -0.39 is 11.9 Å². The molecule has 17 heavy (non-hydrogen) atoms. The van der Waals surface area contributed by atoms with E-state index >= 15 is 0 Å². The first kappa shape index (κ1) is 11.5. The van der Waals surface area contributed by atoms with Gasteiger partial charge in [-0.25, -0.2) is 0 Å². The largest absolute Gasteiger partial charge is 0.340 e. The highest BCUT2D eigenvalue weighted by atomic mass is 35.5. The zero-order chi connectivity index (χ0) is 12.6. The van der Waals surface area contributed by atoms with Crippen LogP contribution in [0.1, 0.15) is 22.8 Å². The van der Waals surface area contributed by atoms with Crippen molar-refractivity contribution in [2.45, 2.75) is 13.0 Å². The van der Waals surface area contributed by atoms with Gasteiger partial charge in [-0.15, -0.1) is 6.42 Å². The molecule has 0 saturated carbocycles. The summed E-state index contributed by atoms with van der Waals surface area (Å²) in [5.41, 5.74) is 0.939. The SMILES string of the molecule is C#Cc1ccc(Cl)c2c1NC(=O)C(C)NC2=O. The Balaban J connectivity index is 2.69. The van der Waals surface area contributed by atoms with Crippen LogP contribution in [0.4, 0.5) is 5.69 Å². The van der Waals surface area contributed by atoms with Crippen molar-refractivity contribution in [2.75, 3.05) is 5.32 Å². The average Bonchev–Trinajstić information content (AvgIpc) is 2.38. The van der Waals surface area contributed by atoms with Gasteiger partial charge in [0.15, 0.2) is 0 Å². The molecule has 0 bridgehead atoms. The molecule has 2 N–H and O–H groups in total. The van der Waals surface area contributed by atoms with Crippen LogP contribution < -0.4 is 10.6 Å². The minimum Gasteiger partial charge on any atom is -0.340 e. The van der Waals surface area contributed by atoms with E-state index in [1.54, 1.807) is 13.0 Å². The Hall–Kier alpha value is -1.99. The van der Waals surface area contributed by atoms with Crippen molar-refractivity contribution in [3.05, 3.63) is 28.3 Å². The maximum atomic E-state index is 11.9. The van der Waals surface area contributed by atoms with Gasteiger partial charge in [0.2, 0.25) is 5.91 Å². The molecule has 0 radical (unpaired) electrons. The summed E-state index contributed by atoms with van der Waals surface area (Å²) in [6.07, 6.45) is 5.32. The summed E-state index contributed by atoms with van der Waals surface area (Å²) in [6.45, 7) is 1.59. The van der Waals surface area contributed by atoms with Crippen LogP contribution in [0, 0.1) is 12.3 Å². The predicted octanol–water partition coefficient (Wildman–Crippen LogP) is 1.39. The summed E-state index contributed by atoms with van der Waals surface area (Å²) in [4.78, 5) is 23.6.